The first kappa shape index (κ1) is 11.9. The molecule has 2 aliphatic heterocycles. The maximum absolute atomic E-state index is 12.4. The second kappa shape index (κ2) is 5.67. The summed E-state index contributed by atoms with van der Waals surface area (Å²) in [5.41, 5.74) is 0. The zero-order valence-corrected chi connectivity index (χ0v) is 10.4. The summed E-state index contributed by atoms with van der Waals surface area (Å²) in [4.78, 5) is 14.5. The Balaban J connectivity index is 1.93. The Morgan fingerprint density at radius 1 is 1.12 bits per heavy atom. The molecule has 2 atom stereocenters. The Labute approximate surface area is 98.6 Å². The van der Waals surface area contributed by atoms with E-state index < -0.39 is 0 Å². The first-order valence-corrected chi connectivity index (χ1v) is 6.83. The molecule has 0 aromatic heterocycles. The van der Waals surface area contributed by atoms with Gasteiger partial charge < -0.3 is 10.2 Å². The third-order valence-corrected chi connectivity index (χ3v) is 3.94. The molecule has 2 fully saturated rings. The molecule has 0 aromatic carbocycles. The van der Waals surface area contributed by atoms with Crippen molar-refractivity contribution in [2.75, 3.05) is 13.1 Å². The van der Waals surface area contributed by atoms with Crippen LogP contribution in [0.3, 0.4) is 0 Å². The van der Waals surface area contributed by atoms with Crippen molar-refractivity contribution < 1.29 is 4.79 Å². The highest BCUT2D eigenvalue weighted by Crippen LogP contribution is 2.19. The third kappa shape index (κ3) is 2.76. The van der Waals surface area contributed by atoms with Crippen LogP contribution in [-0.2, 0) is 4.79 Å². The van der Waals surface area contributed by atoms with Crippen LogP contribution in [0.25, 0.3) is 0 Å². The minimum absolute atomic E-state index is 0.100. The largest absolute Gasteiger partial charge is 0.339 e. The van der Waals surface area contributed by atoms with Gasteiger partial charge in [0, 0.05) is 12.6 Å². The van der Waals surface area contributed by atoms with Gasteiger partial charge in [-0.25, -0.2) is 0 Å². The van der Waals surface area contributed by atoms with Gasteiger partial charge in [0.1, 0.15) is 0 Å². The van der Waals surface area contributed by atoms with Gasteiger partial charge in [0.15, 0.2) is 0 Å². The molecule has 16 heavy (non-hydrogen) atoms. The molecule has 0 unspecified atom stereocenters. The summed E-state index contributed by atoms with van der Waals surface area (Å²) in [6.45, 7) is 4.17. The zero-order chi connectivity index (χ0) is 11.4. The number of rotatable bonds is 1. The lowest BCUT2D eigenvalue weighted by atomic mass is 10.0. The smallest absolute Gasteiger partial charge is 0.239 e. The second-order valence-electron chi connectivity index (χ2n) is 5.23. The summed E-state index contributed by atoms with van der Waals surface area (Å²) in [7, 11) is 0. The highest BCUT2D eigenvalue weighted by Gasteiger charge is 2.29. The van der Waals surface area contributed by atoms with Gasteiger partial charge in [0.25, 0.3) is 0 Å². The predicted molar refractivity (Wildman–Crippen MR) is 65.3 cm³/mol. The van der Waals surface area contributed by atoms with Crippen molar-refractivity contribution in [1.82, 2.24) is 10.2 Å². The molecule has 3 heteroatoms. The standard InChI is InChI=1S/C13H24N2O/c1-11-7-4-6-10-15(11)13(16)12-8-3-2-5-9-14-12/h11-12,14H,2-10H2,1H3/t11-,12-/m1/s1. The molecular weight excluding hydrogens is 200 g/mol. The van der Waals surface area contributed by atoms with Crippen LogP contribution in [0, 0.1) is 0 Å². The fraction of sp³-hybridized carbons (Fsp3) is 0.923. The summed E-state index contributed by atoms with van der Waals surface area (Å²) in [5, 5.41) is 3.41. The Hall–Kier alpha value is -0.570. The lowest BCUT2D eigenvalue weighted by Crippen LogP contribution is -2.51. The minimum Gasteiger partial charge on any atom is -0.339 e. The highest BCUT2D eigenvalue weighted by atomic mass is 16.2. The van der Waals surface area contributed by atoms with E-state index in [1.165, 1.54) is 38.5 Å². The van der Waals surface area contributed by atoms with E-state index in [4.69, 9.17) is 0 Å². The molecule has 92 valence electrons. The van der Waals surface area contributed by atoms with Crippen LogP contribution in [0.5, 0.6) is 0 Å². The number of carbonyl (C=O) groups is 1. The molecule has 1 amide bonds. The van der Waals surface area contributed by atoms with Crippen molar-refractivity contribution in [3.63, 3.8) is 0 Å². The summed E-state index contributed by atoms with van der Waals surface area (Å²) >= 11 is 0. The Morgan fingerprint density at radius 2 is 1.94 bits per heavy atom. The maximum atomic E-state index is 12.4. The molecule has 2 saturated heterocycles. The maximum Gasteiger partial charge on any atom is 0.239 e. The molecule has 0 saturated carbocycles. The van der Waals surface area contributed by atoms with Crippen LogP contribution in [0.4, 0.5) is 0 Å². The molecule has 0 radical (unpaired) electrons. The number of hydrogen-bond donors (Lipinski definition) is 1. The summed E-state index contributed by atoms with van der Waals surface area (Å²) in [6, 6.07) is 0.550. The topological polar surface area (TPSA) is 32.3 Å². The number of carbonyl (C=O) groups excluding carboxylic acids is 1. The summed E-state index contributed by atoms with van der Waals surface area (Å²) in [6.07, 6.45) is 8.36. The molecule has 0 aromatic rings. The molecule has 3 nitrogen and oxygen atoms in total. The number of nitrogens with one attached hydrogen (secondary N) is 1. The van der Waals surface area contributed by atoms with Crippen molar-refractivity contribution in [3.8, 4) is 0 Å². The van der Waals surface area contributed by atoms with Crippen LogP contribution < -0.4 is 5.32 Å². The Morgan fingerprint density at radius 3 is 2.75 bits per heavy atom. The second-order valence-corrected chi connectivity index (χ2v) is 5.23. The van der Waals surface area contributed by atoms with Crippen molar-refractivity contribution in [2.45, 2.75) is 64.0 Å². The monoisotopic (exact) mass is 224 g/mol. The van der Waals surface area contributed by atoms with Gasteiger partial charge in [-0.15, -0.1) is 0 Å². The van der Waals surface area contributed by atoms with E-state index >= 15 is 0 Å². The van der Waals surface area contributed by atoms with Gasteiger partial charge in [-0.2, -0.15) is 0 Å². The van der Waals surface area contributed by atoms with Crippen LogP contribution in [0.1, 0.15) is 51.9 Å². The van der Waals surface area contributed by atoms with Crippen molar-refractivity contribution in [1.29, 1.82) is 0 Å². The van der Waals surface area contributed by atoms with E-state index in [1.807, 2.05) is 0 Å². The normalized spacial score (nSPS) is 32.2. The van der Waals surface area contributed by atoms with Gasteiger partial charge in [0.2, 0.25) is 5.91 Å². The van der Waals surface area contributed by atoms with Crippen LogP contribution in [0.15, 0.2) is 0 Å². The van der Waals surface area contributed by atoms with Gasteiger partial charge in [0.05, 0.1) is 6.04 Å². The fourth-order valence-electron chi connectivity index (χ4n) is 2.87. The molecule has 1 N–H and O–H groups in total. The highest BCUT2D eigenvalue weighted by molar-refractivity contribution is 5.82. The van der Waals surface area contributed by atoms with Gasteiger partial charge >= 0.3 is 0 Å². The third-order valence-electron chi connectivity index (χ3n) is 3.94. The molecule has 2 aliphatic rings. The molecular formula is C13H24N2O. The molecule has 0 aliphatic carbocycles. The van der Waals surface area contributed by atoms with Gasteiger partial charge in [-0.05, 0) is 45.6 Å². The van der Waals surface area contributed by atoms with Crippen molar-refractivity contribution >= 4 is 5.91 Å². The number of likely N-dealkylation sites (tertiary alicyclic amines) is 1. The lowest BCUT2D eigenvalue weighted by Gasteiger charge is -2.36. The van der Waals surface area contributed by atoms with Gasteiger partial charge in [-0.3, -0.25) is 4.79 Å². The summed E-state index contributed by atoms with van der Waals surface area (Å²) < 4.78 is 0. The lowest BCUT2D eigenvalue weighted by molar-refractivity contribution is -0.136. The first-order valence-electron chi connectivity index (χ1n) is 6.83. The molecule has 2 heterocycles. The Kier molecular flexibility index (Phi) is 4.22. The zero-order valence-electron chi connectivity index (χ0n) is 10.4. The van der Waals surface area contributed by atoms with Crippen molar-refractivity contribution in [3.05, 3.63) is 0 Å². The number of hydrogen-bond acceptors (Lipinski definition) is 2. The van der Waals surface area contributed by atoms with E-state index in [9.17, 15) is 4.79 Å². The SMILES string of the molecule is C[C@@H]1CCCCN1C(=O)[C@H]1CCCCCN1. The Bertz CT molecular complexity index is 234. The van der Waals surface area contributed by atoms with E-state index in [0.717, 1.165) is 19.5 Å². The van der Waals surface area contributed by atoms with Crippen LogP contribution in [0.2, 0.25) is 0 Å². The predicted octanol–water partition coefficient (Wildman–Crippen LogP) is 1.92. The van der Waals surface area contributed by atoms with Gasteiger partial charge in [-0.1, -0.05) is 12.8 Å². The fourth-order valence-corrected chi connectivity index (χ4v) is 2.87. The molecule has 2 rings (SSSR count). The number of amides is 1. The molecule has 0 bridgehead atoms. The van der Waals surface area contributed by atoms with Crippen molar-refractivity contribution in [2.24, 2.45) is 0 Å². The average molecular weight is 224 g/mol. The van der Waals surface area contributed by atoms with E-state index in [2.05, 4.69) is 17.1 Å². The van der Waals surface area contributed by atoms with E-state index in [-0.39, 0.29) is 6.04 Å². The first-order chi connectivity index (χ1) is 7.79. The van der Waals surface area contributed by atoms with E-state index in [0.29, 0.717) is 11.9 Å². The van der Waals surface area contributed by atoms with Crippen LogP contribution >= 0.6 is 0 Å². The quantitative estimate of drug-likeness (QED) is 0.738. The minimum atomic E-state index is 0.100. The summed E-state index contributed by atoms with van der Waals surface area (Å²) in [5.74, 6) is 0.356. The number of nitrogens with zero attached hydrogens (tertiary/aromatic N) is 1. The number of piperidine rings is 1. The van der Waals surface area contributed by atoms with E-state index in [1.54, 1.807) is 0 Å². The molecule has 0 spiro atoms. The van der Waals surface area contributed by atoms with Crippen LogP contribution in [-0.4, -0.2) is 36.0 Å². The average Bonchev–Trinajstić information content (AvgIpc) is 2.57.